The smallest absolute Gasteiger partial charge is 0.125 e. The van der Waals surface area contributed by atoms with Gasteiger partial charge < -0.3 is 5.32 Å². The number of hydrogen-bond acceptors (Lipinski definition) is 3. The number of aryl methyl sites for hydroxylation is 1. The molecular formula is C16H21N3. The van der Waals surface area contributed by atoms with E-state index in [4.69, 9.17) is 0 Å². The van der Waals surface area contributed by atoms with E-state index >= 15 is 0 Å². The Hall–Kier alpha value is -1.74. The van der Waals surface area contributed by atoms with Crippen LogP contribution >= 0.6 is 0 Å². The van der Waals surface area contributed by atoms with Gasteiger partial charge in [0.05, 0.1) is 11.7 Å². The normalized spacial score (nSPS) is 12.7. The molecular weight excluding hydrogens is 234 g/mol. The lowest BCUT2D eigenvalue weighted by Gasteiger charge is -2.17. The second kappa shape index (κ2) is 5.93. The van der Waals surface area contributed by atoms with Crippen molar-refractivity contribution >= 4 is 0 Å². The number of benzene rings is 1. The van der Waals surface area contributed by atoms with E-state index < -0.39 is 0 Å². The second-order valence-electron chi connectivity index (χ2n) is 5.07. The first-order chi connectivity index (χ1) is 9.11. The Morgan fingerprint density at radius 1 is 1.00 bits per heavy atom. The summed E-state index contributed by atoms with van der Waals surface area (Å²) in [5.41, 5.74) is 3.59. The third-order valence-electron chi connectivity index (χ3n) is 3.32. The Morgan fingerprint density at radius 3 is 2.16 bits per heavy atom. The summed E-state index contributed by atoms with van der Waals surface area (Å²) in [4.78, 5) is 8.65. The number of rotatable bonds is 4. The Kier molecular flexibility index (Phi) is 4.27. The maximum Gasteiger partial charge on any atom is 0.125 e. The molecule has 0 bridgehead atoms. The molecule has 1 N–H and O–H groups in total. The van der Waals surface area contributed by atoms with Crippen LogP contribution in [-0.2, 0) is 0 Å². The van der Waals surface area contributed by atoms with Crippen LogP contribution in [0.2, 0.25) is 0 Å². The maximum atomic E-state index is 4.50. The molecule has 0 saturated carbocycles. The fraction of sp³-hybridized carbons (Fsp3) is 0.375. The van der Waals surface area contributed by atoms with Gasteiger partial charge in [0.2, 0.25) is 0 Å². The van der Waals surface area contributed by atoms with Gasteiger partial charge in [-0.3, -0.25) is 0 Å². The molecule has 2 aromatic rings. The summed E-state index contributed by atoms with van der Waals surface area (Å²) in [7, 11) is 1.96. The molecule has 0 aliphatic rings. The Bertz CT molecular complexity index is 532. The molecule has 19 heavy (non-hydrogen) atoms. The standard InChI is InChI=1S/C16H21N3/c1-11(2)13-5-7-14(8-6-13)16(17-4)15-9-10-18-12(3)19-15/h5-11,16-17H,1-4H3. The van der Waals surface area contributed by atoms with E-state index in [1.54, 1.807) is 0 Å². The van der Waals surface area contributed by atoms with Gasteiger partial charge in [-0.1, -0.05) is 38.1 Å². The van der Waals surface area contributed by atoms with Crippen molar-refractivity contribution in [3.63, 3.8) is 0 Å². The van der Waals surface area contributed by atoms with Gasteiger partial charge in [0.15, 0.2) is 0 Å². The number of aromatic nitrogens is 2. The minimum atomic E-state index is 0.114. The van der Waals surface area contributed by atoms with Gasteiger partial charge in [-0.25, -0.2) is 9.97 Å². The minimum absolute atomic E-state index is 0.114. The zero-order valence-corrected chi connectivity index (χ0v) is 12.0. The van der Waals surface area contributed by atoms with Crippen LogP contribution in [0.1, 0.15) is 48.5 Å². The van der Waals surface area contributed by atoms with Crippen LogP contribution in [0.4, 0.5) is 0 Å². The molecule has 1 aromatic carbocycles. The first-order valence-corrected chi connectivity index (χ1v) is 6.68. The van der Waals surface area contributed by atoms with Crippen molar-refractivity contribution < 1.29 is 0 Å². The lowest BCUT2D eigenvalue weighted by atomic mass is 9.98. The van der Waals surface area contributed by atoms with Gasteiger partial charge in [-0.2, -0.15) is 0 Å². The molecule has 0 fully saturated rings. The SMILES string of the molecule is CNC(c1ccc(C(C)C)cc1)c1ccnc(C)n1. The van der Waals surface area contributed by atoms with Crippen molar-refractivity contribution in [2.24, 2.45) is 0 Å². The largest absolute Gasteiger partial charge is 0.308 e. The number of nitrogens with one attached hydrogen (secondary N) is 1. The summed E-state index contributed by atoms with van der Waals surface area (Å²) >= 11 is 0. The van der Waals surface area contributed by atoms with Crippen LogP contribution in [-0.4, -0.2) is 17.0 Å². The minimum Gasteiger partial charge on any atom is -0.308 e. The van der Waals surface area contributed by atoms with E-state index in [9.17, 15) is 0 Å². The van der Waals surface area contributed by atoms with Crippen LogP contribution in [0.3, 0.4) is 0 Å². The van der Waals surface area contributed by atoms with E-state index in [0.717, 1.165) is 11.5 Å². The summed E-state index contributed by atoms with van der Waals surface area (Å²) in [6.45, 7) is 6.33. The average Bonchev–Trinajstić information content (AvgIpc) is 2.40. The Balaban J connectivity index is 2.31. The molecule has 0 amide bonds. The highest BCUT2D eigenvalue weighted by Gasteiger charge is 2.13. The predicted octanol–water partition coefficient (Wildman–Crippen LogP) is 3.22. The van der Waals surface area contributed by atoms with Gasteiger partial charge in [0.25, 0.3) is 0 Å². The van der Waals surface area contributed by atoms with Crippen LogP contribution in [0, 0.1) is 6.92 Å². The van der Waals surface area contributed by atoms with Crippen molar-refractivity contribution in [3.05, 3.63) is 59.2 Å². The molecule has 0 saturated heterocycles. The molecule has 1 heterocycles. The molecule has 3 heteroatoms. The molecule has 100 valence electrons. The highest BCUT2D eigenvalue weighted by atomic mass is 14.9. The topological polar surface area (TPSA) is 37.8 Å². The van der Waals surface area contributed by atoms with Crippen LogP contribution in [0.15, 0.2) is 36.5 Å². The van der Waals surface area contributed by atoms with Crippen molar-refractivity contribution in [3.8, 4) is 0 Å². The second-order valence-corrected chi connectivity index (χ2v) is 5.07. The third-order valence-corrected chi connectivity index (χ3v) is 3.32. The molecule has 1 unspecified atom stereocenters. The van der Waals surface area contributed by atoms with Gasteiger partial charge >= 0.3 is 0 Å². The van der Waals surface area contributed by atoms with E-state index in [1.165, 1.54) is 11.1 Å². The molecule has 1 atom stereocenters. The van der Waals surface area contributed by atoms with Gasteiger partial charge in [0, 0.05) is 6.20 Å². The summed E-state index contributed by atoms with van der Waals surface area (Å²) in [5, 5.41) is 3.32. The van der Waals surface area contributed by atoms with Crippen LogP contribution in [0.25, 0.3) is 0 Å². The highest BCUT2D eigenvalue weighted by Crippen LogP contribution is 2.22. The van der Waals surface area contributed by atoms with Crippen molar-refractivity contribution in [2.75, 3.05) is 7.05 Å². The molecule has 0 radical (unpaired) electrons. The highest BCUT2D eigenvalue weighted by molar-refractivity contribution is 5.31. The first kappa shape index (κ1) is 13.7. The summed E-state index contributed by atoms with van der Waals surface area (Å²) < 4.78 is 0. The lowest BCUT2D eigenvalue weighted by Crippen LogP contribution is -2.19. The van der Waals surface area contributed by atoms with Crippen molar-refractivity contribution in [2.45, 2.75) is 32.7 Å². The van der Waals surface area contributed by atoms with Gasteiger partial charge in [0.1, 0.15) is 5.82 Å². The van der Waals surface area contributed by atoms with E-state index in [-0.39, 0.29) is 6.04 Å². The third kappa shape index (κ3) is 3.18. The van der Waals surface area contributed by atoms with E-state index in [2.05, 4.69) is 53.4 Å². The molecule has 0 aliphatic carbocycles. The quantitative estimate of drug-likeness (QED) is 0.911. The van der Waals surface area contributed by atoms with Crippen LogP contribution in [0.5, 0.6) is 0 Å². The van der Waals surface area contributed by atoms with Crippen LogP contribution < -0.4 is 5.32 Å². The predicted molar refractivity (Wildman–Crippen MR) is 78.2 cm³/mol. The molecule has 0 aliphatic heterocycles. The van der Waals surface area contributed by atoms with Crippen molar-refractivity contribution in [1.82, 2.24) is 15.3 Å². The fourth-order valence-electron chi connectivity index (χ4n) is 2.19. The van der Waals surface area contributed by atoms with Crippen molar-refractivity contribution in [1.29, 1.82) is 0 Å². The zero-order chi connectivity index (χ0) is 13.8. The monoisotopic (exact) mass is 255 g/mol. The van der Waals surface area contributed by atoms with E-state index in [0.29, 0.717) is 5.92 Å². The van der Waals surface area contributed by atoms with Gasteiger partial charge in [-0.05, 0) is 37.1 Å². The van der Waals surface area contributed by atoms with E-state index in [1.807, 2.05) is 26.2 Å². The summed E-state index contributed by atoms with van der Waals surface area (Å²) in [6, 6.07) is 10.8. The summed E-state index contributed by atoms with van der Waals surface area (Å²) in [5.74, 6) is 1.36. The first-order valence-electron chi connectivity index (χ1n) is 6.68. The Labute approximate surface area is 115 Å². The molecule has 1 aromatic heterocycles. The lowest BCUT2D eigenvalue weighted by molar-refractivity contribution is 0.664. The average molecular weight is 255 g/mol. The number of hydrogen-bond donors (Lipinski definition) is 1. The molecule has 2 rings (SSSR count). The zero-order valence-electron chi connectivity index (χ0n) is 12.0. The fourth-order valence-corrected chi connectivity index (χ4v) is 2.19. The van der Waals surface area contributed by atoms with Gasteiger partial charge in [-0.15, -0.1) is 0 Å². The molecule has 0 spiro atoms. The Morgan fingerprint density at radius 2 is 1.63 bits per heavy atom. The molecule has 3 nitrogen and oxygen atoms in total. The maximum absolute atomic E-state index is 4.50. The number of nitrogens with zero attached hydrogens (tertiary/aromatic N) is 2. The summed E-state index contributed by atoms with van der Waals surface area (Å²) in [6.07, 6.45) is 1.81.